The SMILES string of the molecule is CC[C@@]1(CO)CCCN(c2cccc(C#N)n2)C1. The van der Waals surface area contributed by atoms with Crippen molar-refractivity contribution in [3.05, 3.63) is 23.9 Å². The summed E-state index contributed by atoms with van der Waals surface area (Å²) in [6.07, 6.45) is 3.10. The van der Waals surface area contributed by atoms with Crippen LogP contribution in [0.15, 0.2) is 18.2 Å². The highest BCUT2D eigenvalue weighted by Crippen LogP contribution is 2.34. The third kappa shape index (κ3) is 2.46. The van der Waals surface area contributed by atoms with Gasteiger partial charge in [0.05, 0.1) is 6.61 Å². The molecule has 2 heterocycles. The quantitative estimate of drug-likeness (QED) is 0.884. The molecule has 0 spiro atoms. The van der Waals surface area contributed by atoms with Crippen molar-refractivity contribution in [1.29, 1.82) is 5.26 Å². The van der Waals surface area contributed by atoms with Crippen molar-refractivity contribution in [3.8, 4) is 6.07 Å². The van der Waals surface area contributed by atoms with E-state index in [1.54, 1.807) is 6.07 Å². The lowest BCUT2D eigenvalue weighted by Gasteiger charge is -2.41. The summed E-state index contributed by atoms with van der Waals surface area (Å²) in [5.74, 6) is 0.847. The fourth-order valence-corrected chi connectivity index (χ4v) is 2.59. The average molecular weight is 245 g/mol. The lowest BCUT2D eigenvalue weighted by Crippen LogP contribution is -2.45. The molecule has 4 heteroatoms. The highest BCUT2D eigenvalue weighted by Gasteiger charge is 2.33. The zero-order chi connectivity index (χ0) is 13.0. The molecule has 1 aliphatic rings. The number of aliphatic hydroxyl groups is 1. The maximum atomic E-state index is 9.61. The molecule has 2 rings (SSSR count). The Labute approximate surface area is 108 Å². The Morgan fingerprint density at radius 2 is 2.39 bits per heavy atom. The maximum absolute atomic E-state index is 9.61. The van der Waals surface area contributed by atoms with Crippen LogP contribution in [0.25, 0.3) is 0 Å². The molecule has 1 atom stereocenters. The van der Waals surface area contributed by atoms with Crippen molar-refractivity contribution >= 4 is 5.82 Å². The van der Waals surface area contributed by atoms with E-state index in [0.717, 1.165) is 38.2 Å². The molecule has 0 amide bonds. The van der Waals surface area contributed by atoms with Crippen LogP contribution in [0.1, 0.15) is 31.9 Å². The molecule has 18 heavy (non-hydrogen) atoms. The maximum Gasteiger partial charge on any atom is 0.142 e. The molecule has 1 fully saturated rings. The van der Waals surface area contributed by atoms with Gasteiger partial charge in [-0.3, -0.25) is 0 Å². The number of aliphatic hydroxyl groups excluding tert-OH is 1. The molecule has 96 valence electrons. The minimum Gasteiger partial charge on any atom is -0.396 e. The van der Waals surface area contributed by atoms with Gasteiger partial charge in [0, 0.05) is 18.5 Å². The number of hydrogen-bond donors (Lipinski definition) is 1. The second-order valence-corrected chi connectivity index (χ2v) is 5.03. The molecular formula is C14H19N3O. The van der Waals surface area contributed by atoms with E-state index in [1.165, 1.54) is 0 Å². The van der Waals surface area contributed by atoms with Crippen molar-refractivity contribution in [1.82, 2.24) is 4.98 Å². The lowest BCUT2D eigenvalue weighted by molar-refractivity contribution is 0.101. The van der Waals surface area contributed by atoms with Crippen LogP contribution in [0.2, 0.25) is 0 Å². The molecule has 0 bridgehead atoms. The minimum atomic E-state index is -0.0113. The fourth-order valence-electron chi connectivity index (χ4n) is 2.59. The second-order valence-electron chi connectivity index (χ2n) is 5.03. The lowest BCUT2D eigenvalue weighted by atomic mass is 9.78. The van der Waals surface area contributed by atoms with Gasteiger partial charge in [0.1, 0.15) is 17.6 Å². The van der Waals surface area contributed by atoms with E-state index < -0.39 is 0 Å². The molecule has 0 unspecified atom stereocenters. The summed E-state index contributed by atoms with van der Waals surface area (Å²) in [5.41, 5.74) is 0.437. The number of nitrogens with zero attached hydrogens (tertiary/aromatic N) is 3. The first-order chi connectivity index (χ1) is 8.73. The predicted octanol–water partition coefficient (Wildman–Crippen LogP) is 1.94. The van der Waals surface area contributed by atoms with Crippen LogP contribution in [-0.2, 0) is 0 Å². The topological polar surface area (TPSA) is 60.1 Å². The third-order valence-corrected chi connectivity index (χ3v) is 3.92. The van der Waals surface area contributed by atoms with Crippen molar-refractivity contribution < 1.29 is 5.11 Å². The molecule has 1 aromatic heterocycles. The van der Waals surface area contributed by atoms with Crippen LogP contribution in [0.4, 0.5) is 5.82 Å². The molecular weight excluding hydrogens is 226 g/mol. The minimum absolute atomic E-state index is 0.0113. The molecule has 1 saturated heterocycles. The van der Waals surface area contributed by atoms with Crippen LogP contribution in [0.3, 0.4) is 0 Å². The number of hydrogen-bond acceptors (Lipinski definition) is 4. The van der Waals surface area contributed by atoms with Gasteiger partial charge in [-0.05, 0) is 31.4 Å². The van der Waals surface area contributed by atoms with E-state index in [0.29, 0.717) is 5.69 Å². The number of aromatic nitrogens is 1. The van der Waals surface area contributed by atoms with E-state index in [1.807, 2.05) is 12.1 Å². The monoisotopic (exact) mass is 245 g/mol. The van der Waals surface area contributed by atoms with Gasteiger partial charge in [0.25, 0.3) is 0 Å². The summed E-state index contributed by atoms with van der Waals surface area (Å²) in [7, 11) is 0. The molecule has 0 aromatic carbocycles. The van der Waals surface area contributed by atoms with E-state index in [-0.39, 0.29) is 12.0 Å². The van der Waals surface area contributed by atoms with Gasteiger partial charge in [0.15, 0.2) is 0 Å². The first-order valence-corrected chi connectivity index (χ1v) is 6.46. The van der Waals surface area contributed by atoms with E-state index >= 15 is 0 Å². The molecule has 4 nitrogen and oxygen atoms in total. The first-order valence-electron chi connectivity index (χ1n) is 6.46. The number of piperidine rings is 1. The molecule has 1 N–H and O–H groups in total. The number of nitriles is 1. The summed E-state index contributed by atoms with van der Waals surface area (Å²) in [6, 6.07) is 7.58. The van der Waals surface area contributed by atoms with Crippen LogP contribution in [0.5, 0.6) is 0 Å². The van der Waals surface area contributed by atoms with E-state index in [4.69, 9.17) is 5.26 Å². The van der Waals surface area contributed by atoms with Crippen molar-refractivity contribution in [2.75, 3.05) is 24.6 Å². The molecule has 0 saturated carbocycles. The Hall–Kier alpha value is -1.60. The Morgan fingerprint density at radius 3 is 3.06 bits per heavy atom. The van der Waals surface area contributed by atoms with Crippen LogP contribution in [0, 0.1) is 16.7 Å². The smallest absolute Gasteiger partial charge is 0.142 e. The summed E-state index contributed by atoms with van der Waals surface area (Å²) in [4.78, 5) is 6.52. The van der Waals surface area contributed by atoms with Gasteiger partial charge >= 0.3 is 0 Å². The Balaban J connectivity index is 2.20. The molecule has 1 aliphatic heterocycles. The van der Waals surface area contributed by atoms with Crippen molar-refractivity contribution in [2.45, 2.75) is 26.2 Å². The zero-order valence-electron chi connectivity index (χ0n) is 10.8. The molecule has 0 radical (unpaired) electrons. The van der Waals surface area contributed by atoms with Gasteiger partial charge in [0.2, 0.25) is 0 Å². The molecule has 1 aromatic rings. The Kier molecular flexibility index (Phi) is 3.83. The summed E-state index contributed by atoms with van der Waals surface area (Å²) in [5, 5.41) is 18.5. The van der Waals surface area contributed by atoms with Gasteiger partial charge < -0.3 is 10.0 Å². The fraction of sp³-hybridized carbons (Fsp3) is 0.571. The zero-order valence-corrected chi connectivity index (χ0v) is 10.8. The van der Waals surface area contributed by atoms with E-state index in [9.17, 15) is 5.11 Å². The van der Waals surface area contributed by atoms with Crippen LogP contribution < -0.4 is 4.90 Å². The van der Waals surface area contributed by atoms with Crippen molar-refractivity contribution in [3.63, 3.8) is 0 Å². The predicted molar refractivity (Wildman–Crippen MR) is 70.2 cm³/mol. The highest BCUT2D eigenvalue weighted by atomic mass is 16.3. The standard InChI is InChI=1S/C14H19N3O/c1-2-14(11-18)7-4-8-17(10-14)13-6-3-5-12(9-15)16-13/h3,5-6,18H,2,4,7-8,10-11H2,1H3/t14-/m1/s1. The van der Waals surface area contributed by atoms with Gasteiger partial charge in [-0.25, -0.2) is 4.98 Å². The second kappa shape index (κ2) is 5.36. The average Bonchev–Trinajstić information content (AvgIpc) is 2.47. The summed E-state index contributed by atoms with van der Waals surface area (Å²) in [6.45, 7) is 4.11. The van der Waals surface area contributed by atoms with Crippen molar-refractivity contribution in [2.24, 2.45) is 5.41 Å². The van der Waals surface area contributed by atoms with Gasteiger partial charge in [-0.1, -0.05) is 13.0 Å². The Morgan fingerprint density at radius 1 is 1.56 bits per heavy atom. The first kappa shape index (κ1) is 12.8. The van der Waals surface area contributed by atoms with Crippen LogP contribution in [-0.4, -0.2) is 29.8 Å². The third-order valence-electron chi connectivity index (χ3n) is 3.92. The largest absolute Gasteiger partial charge is 0.396 e. The number of rotatable bonds is 3. The molecule has 0 aliphatic carbocycles. The Bertz CT molecular complexity index is 449. The van der Waals surface area contributed by atoms with E-state index in [2.05, 4.69) is 22.9 Å². The van der Waals surface area contributed by atoms with Gasteiger partial charge in [-0.2, -0.15) is 5.26 Å². The highest BCUT2D eigenvalue weighted by molar-refractivity contribution is 5.42. The van der Waals surface area contributed by atoms with Gasteiger partial charge in [-0.15, -0.1) is 0 Å². The number of pyridine rings is 1. The summed E-state index contributed by atoms with van der Waals surface area (Å²) < 4.78 is 0. The number of anilines is 1. The van der Waals surface area contributed by atoms with Crippen LogP contribution >= 0.6 is 0 Å². The summed E-state index contributed by atoms with van der Waals surface area (Å²) >= 11 is 0. The normalized spacial score (nSPS) is 23.7.